The van der Waals surface area contributed by atoms with Crippen LogP contribution in [0, 0.1) is 6.92 Å². The normalized spacial score (nSPS) is 10.6. The van der Waals surface area contributed by atoms with Crippen LogP contribution >= 0.6 is 0 Å². The molecule has 108 valence electrons. The minimum atomic E-state index is -0.223. The summed E-state index contributed by atoms with van der Waals surface area (Å²) >= 11 is 0. The molecule has 0 saturated heterocycles. The predicted molar refractivity (Wildman–Crippen MR) is 86.2 cm³/mol. The third kappa shape index (κ3) is 4.11. The zero-order valence-corrected chi connectivity index (χ0v) is 12.1. The molecule has 0 unspecified atom stereocenters. The maximum Gasteiger partial charge on any atom is 0.248 e. The fourth-order valence-electron chi connectivity index (χ4n) is 1.91. The van der Waals surface area contributed by atoms with Crippen molar-refractivity contribution in [2.75, 3.05) is 18.2 Å². The predicted octanol–water partition coefficient (Wildman–Crippen LogP) is 3.24. The number of ether oxygens (including phenoxy) is 1. The first kappa shape index (κ1) is 14.7. The lowest BCUT2D eigenvalue weighted by Crippen LogP contribution is -2.09. The second-order valence-electron chi connectivity index (χ2n) is 4.70. The molecule has 2 aromatic rings. The first-order chi connectivity index (χ1) is 10.1. The molecule has 0 aliphatic heterocycles. The van der Waals surface area contributed by atoms with E-state index in [1.807, 2.05) is 37.3 Å². The Labute approximate surface area is 124 Å². The highest BCUT2D eigenvalue weighted by atomic mass is 16.5. The van der Waals surface area contributed by atoms with Gasteiger partial charge in [0.2, 0.25) is 5.91 Å². The van der Waals surface area contributed by atoms with Crippen molar-refractivity contribution in [1.29, 1.82) is 0 Å². The van der Waals surface area contributed by atoms with E-state index in [9.17, 15) is 4.79 Å². The van der Waals surface area contributed by atoms with E-state index >= 15 is 0 Å². The van der Waals surface area contributed by atoms with E-state index in [0.717, 1.165) is 11.1 Å². The number of anilines is 2. The fourth-order valence-corrected chi connectivity index (χ4v) is 1.91. The van der Waals surface area contributed by atoms with Gasteiger partial charge in [0.1, 0.15) is 5.75 Å². The van der Waals surface area contributed by atoms with Crippen LogP contribution < -0.4 is 15.8 Å². The lowest BCUT2D eigenvalue weighted by atomic mass is 10.2. The highest BCUT2D eigenvalue weighted by Crippen LogP contribution is 2.25. The zero-order valence-electron chi connectivity index (χ0n) is 12.1. The van der Waals surface area contributed by atoms with Gasteiger partial charge in [0.15, 0.2) is 0 Å². The number of nitrogens with one attached hydrogen (secondary N) is 1. The lowest BCUT2D eigenvalue weighted by molar-refractivity contribution is -0.111. The highest BCUT2D eigenvalue weighted by molar-refractivity contribution is 6.02. The molecule has 0 spiro atoms. The van der Waals surface area contributed by atoms with Gasteiger partial charge in [-0.2, -0.15) is 0 Å². The highest BCUT2D eigenvalue weighted by Gasteiger charge is 2.05. The van der Waals surface area contributed by atoms with Gasteiger partial charge in [-0.25, -0.2) is 0 Å². The van der Waals surface area contributed by atoms with Crippen molar-refractivity contribution in [3.8, 4) is 5.75 Å². The Balaban J connectivity index is 2.08. The largest absolute Gasteiger partial charge is 0.495 e. The standard InChI is InChI=1S/C17H18N2O2/c1-12-6-8-15(16(10-12)21-2)19-17(20)9-7-13-4-3-5-14(18)11-13/h3-11H,18H2,1-2H3,(H,19,20)/b9-7+. The molecule has 0 fully saturated rings. The second kappa shape index (κ2) is 6.61. The van der Waals surface area contributed by atoms with Crippen molar-refractivity contribution in [2.45, 2.75) is 6.92 Å². The van der Waals surface area contributed by atoms with E-state index in [0.29, 0.717) is 17.1 Å². The molecule has 1 amide bonds. The molecule has 0 saturated carbocycles. The molecule has 0 heterocycles. The maximum absolute atomic E-state index is 11.9. The lowest BCUT2D eigenvalue weighted by Gasteiger charge is -2.09. The fraction of sp³-hybridized carbons (Fsp3) is 0.118. The number of carbonyl (C=O) groups excluding carboxylic acids is 1. The van der Waals surface area contributed by atoms with Crippen LogP contribution in [-0.4, -0.2) is 13.0 Å². The number of rotatable bonds is 4. The van der Waals surface area contributed by atoms with Gasteiger partial charge in [-0.3, -0.25) is 4.79 Å². The summed E-state index contributed by atoms with van der Waals surface area (Å²) < 4.78 is 5.25. The third-order valence-electron chi connectivity index (χ3n) is 2.95. The number of nitrogen functional groups attached to an aromatic ring is 1. The number of methoxy groups -OCH3 is 1. The molecule has 21 heavy (non-hydrogen) atoms. The van der Waals surface area contributed by atoms with E-state index in [1.54, 1.807) is 25.3 Å². The molecule has 0 aliphatic rings. The topological polar surface area (TPSA) is 64.3 Å². The van der Waals surface area contributed by atoms with Gasteiger partial charge in [0, 0.05) is 11.8 Å². The van der Waals surface area contributed by atoms with E-state index in [2.05, 4.69) is 5.32 Å². The molecule has 0 aliphatic carbocycles. The molecule has 3 N–H and O–H groups in total. The number of benzene rings is 2. The van der Waals surface area contributed by atoms with Crippen LogP contribution in [0.2, 0.25) is 0 Å². The van der Waals surface area contributed by atoms with Crippen LogP contribution in [0.15, 0.2) is 48.5 Å². The van der Waals surface area contributed by atoms with Crippen molar-refractivity contribution < 1.29 is 9.53 Å². The number of carbonyl (C=O) groups is 1. The zero-order chi connectivity index (χ0) is 15.2. The Morgan fingerprint density at radius 3 is 2.76 bits per heavy atom. The number of aryl methyl sites for hydroxylation is 1. The molecule has 2 rings (SSSR count). The summed E-state index contributed by atoms with van der Waals surface area (Å²) in [4.78, 5) is 11.9. The summed E-state index contributed by atoms with van der Waals surface area (Å²) in [6.45, 7) is 1.97. The van der Waals surface area contributed by atoms with Gasteiger partial charge in [-0.1, -0.05) is 18.2 Å². The van der Waals surface area contributed by atoms with Crippen LogP contribution in [-0.2, 0) is 4.79 Å². The smallest absolute Gasteiger partial charge is 0.248 e. The summed E-state index contributed by atoms with van der Waals surface area (Å²) in [6.07, 6.45) is 3.18. The molecule has 0 bridgehead atoms. The minimum absolute atomic E-state index is 0.223. The molecular weight excluding hydrogens is 264 g/mol. The van der Waals surface area contributed by atoms with Gasteiger partial charge in [-0.15, -0.1) is 0 Å². The van der Waals surface area contributed by atoms with Crippen LogP contribution in [0.3, 0.4) is 0 Å². The second-order valence-corrected chi connectivity index (χ2v) is 4.70. The molecule has 2 aromatic carbocycles. The van der Waals surface area contributed by atoms with E-state index < -0.39 is 0 Å². The average molecular weight is 282 g/mol. The van der Waals surface area contributed by atoms with Crippen molar-refractivity contribution >= 4 is 23.4 Å². The van der Waals surface area contributed by atoms with Crippen molar-refractivity contribution in [2.24, 2.45) is 0 Å². The summed E-state index contributed by atoms with van der Waals surface area (Å²) in [5.41, 5.74) is 8.94. The quantitative estimate of drug-likeness (QED) is 0.668. The first-order valence-electron chi connectivity index (χ1n) is 6.58. The van der Waals surface area contributed by atoms with Gasteiger partial charge >= 0.3 is 0 Å². The molecule has 4 nitrogen and oxygen atoms in total. The van der Waals surface area contributed by atoms with Crippen LogP contribution in [0.1, 0.15) is 11.1 Å². The van der Waals surface area contributed by atoms with Gasteiger partial charge in [0.05, 0.1) is 12.8 Å². The van der Waals surface area contributed by atoms with Crippen molar-refractivity contribution in [3.05, 3.63) is 59.7 Å². The van der Waals surface area contributed by atoms with Crippen LogP contribution in [0.4, 0.5) is 11.4 Å². The number of nitrogens with two attached hydrogens (primary N) is 1. The molecular formula is C17H18N2O2. The van der Waals surface area contributed by atoms with Crippen LogP contribution in [0.5, 0.6) is 5.75 Å². The van der Waals surface area contributed by atoms with E-state index in [4.69, 9.17) is 10.5 Å². The Hall–Kier alpha value is -2.75. The number of hydrogen-bond donors (Lipinski definition) is 2. The minimum Gasteiger partial charge on any atom is -0.495 e. The average Bonchev–Trinajstić information content (AvgIpc) is 2.47. The Morgan fingerprint density at radius 1 is 1.24 bits per heavy atom. The molecule has 4 heteroatoms. The molecule has 0 aromatic heterocycles. The molecule has 0 radical (unpaired) electrons. The summed E-state index contributed by atoms with van der Waals surface area (Å²) in [7, 11) is 1.58. The van der Waals surface area contributed by atoms with E-state index in [1.165, 1.54) is 6.08 Å². The SMILES string of the molecule is COc1cc(C)ccc1NC(=O)/C=C/c1cccc(N)c1. The van der Waals surface area contributed by atoms with Crippen molar-refractivity contribution in [1.82, 2.24) is 0 Å². The van der Waals surface area contributed by atoms with Gasteiger partial charge in [-0.05, 0) is 48.4 Å². The molecule has 0 atom stereocenters. The summed E-state index contributed by atoms with van der Waals surface area (Å²) in [5.74, 6) is 0.417. The Morgan fingerprint density at radius 2 is 2.05 bits per heavy atom. The monoisotopic (exact) mass is 282 g/mol. The number of hydrogen-bond acceptors (Lipinski definition) is 3. The van der Waals surface area contributed by atoms with Crippen molar-refractivity contribution in [3.63, 3.8) is 0 Å². The summed E-state index contributed by atoms with van der Waals surface area (Å²) in [5, 5.41) is 2.79. The maximum atomic E-state index is 11.9. The summed E-state index contributed by atoms with van der Waals surface area (Å²) in [6, 6.07) is 12.9. The third-order valence-corrected chi connectivity index (χ3v) is 2.95. The Bertz CT molecular complexity index is 678. The Kier molecular flexibility index (Phi) is 4.61. The van der Waals surface area contributed by atoms with Gasteiger partial charge in [0.25, 0.3) is 0 Å². The first-order valence-corrected chi connectivity index (χ1v) is 6.58. The van der Waals surface area contributed by atoms with E-state index in [-0.39, 0.29) is 5.91 Å². The van der Waals surface area contributed by atoms with Gasteiger partial charge < -0.3 is 15.8 Å². The number of amides is 1. The van der Waals surface area contributed by atoms with Crippen LogP contribution in [0.25, 0.3) is 6.08 Å².